The molecule has 7 nitrogen and oxygen atoms in total. The molecule has 2 N–H and O–H groups in total. The van der Waals surface area contributed by atoms with Crippen molar-refractivity contribution < 1.29 is 12.8 Å². The summed E-state index contributed by atoms with van der Waals surface area (Å²) in [6.07, 6.45) is 1.03. The van der Waals surface area contributed by atoms with Crippen molar-refractivity contribution in [3.63, 3.8) is 0 Å². The molecule has 3 aromatic rings. The number of hydrogen-bond acceptors (Lipinski definition) is 7. The van der Waals surface area contributed by atoms with E-state index in [1.165, 1.54) is 22.2 Å². The molecule has 0 bridgehead atoms. The topological polar surface area (TPSA) is 77.6 Å². The van der Waals surface area contributed by atoms with Gasteiger partial charge in [0.05, 0.1) is 27.6 Å². The molecule has 1 aliphatic rings. The highest BCUT2D eigenvalue weighted by molar-refractivity contribution is 7.92. The summed E-state index contributed by atoms with van der Waals surface area (Å²) in [6.45, 7) is 3.79. The third-order valence-electron chi connectivity index (χ3n) is 5.75. The Morgan fingerprint density at radius 3 is 2.73 bits per heavy atom. The normalized spacial score (nSPS) is 16.3. The maximum absolute atomic E-state index is 15.1. The van der Waals surface area contributed by atoms with Crippen molar-refractivity contribution in [2.45, 2.75) is 24.3 Å². The smallest absolute Gasteiger partial charge is 0.266 e. The lowest BCUT2D eigenvalue weighted by Crippen LogP contribution is -2.30. The maximum atomic E-state index is 15.1. The summed E-state index contributed by atoms with van der Waals surface area (Å²) in [5, 5.41) is 4.97. The van der Waals surface area contributed by atoms with Crippen LogP contribution < -0.4 is 19.8 Å². The van der Waals surface area contributed by atoms with Crippen LogP contribution in [0.1, 0.15) is 12.0 Å². The summed E-state index contributed by atoms with van der Waals surface area (Å²) in [4.78, 5) is 7.44. The summed E-state index contributed by atoms with van der Waals surface area (Å²) in [5.74, 6) is -0.763. The summed E-state index contributed by atoms with van der Waals surface area (Å²) in [5.41, 5.74) is 4.85. The number of sulfonamides is 1. The molecule has 33 heavy (non-hydrogen) atoms. The van der Waals surface area contributed by atoms with Gasteiger partial charge in [0.2, 0.25) is 0 Å². The Balaban J connectivity index is 1.69. The minimum atomic E-state index is -4.18. The molecular weight excluding hydrogens is 485 g/mol. The van der Waals surface area contributed by atoms with E-state index < -0.39 is 20.7 Å². The van der Waals surface area contributed by atoms with Crippen molar-refractivity contribution in [3.8, 4) is 0 Å². The predicted octanol–water partition coefficient (Wildman–Crippen LogP) is 4.61. The Labute approximate surface area is 202 Å². The first kappa shape index (κ1) is 23.7. The number of benzene rings is 2. The Bertz CT molecular complexity index is 1250. The SMILES string of the molecule is CNC1CCN(c2cc(C)ccc2N(C)c2cc(F)c(S(=O)(=O)Nc3cscn3)cc2Cl)C1. The zero-order chi connectivity index (χ0) is 23.8. The van der Waals surface area contributed by atoms with Gasteiger partial charge in [-0.05, 0) is 44.2 Å². The van der Waals surface area contributed by atoms with Crippen LogP contribution in [0.4, 0.5) is 27.3 Å². The van der Waals surface area contributed by atoms with E-state index in [4.69, 9.17) is 11.6 Å². The van der Waals surface area contributed by atoms with Crippen molar-refractivity contribution in [3.05, 3.63) is 57.6 Å². The summed E-state index contributed by atoms with van der Waals surface area (Å²) in [6, 6.07) is 8.76. The first-order chi connectivity index (χ1) is 15.7. The van der Waals surface area contributed by atoms with E-state index in [1.54, 1.807) is 11.9 Å². The average Bonchev–Trinajstić information content (AvgIpc) is 3.46. The number of aromatic nitrogens is 1. The second-order valence-corrected chi connectivity index (χ2v) is 10.8. The second-order valence-electron chi connectivity index (χ2n) is 7.98. The van der Waals surface area contributed by atoms with Gasteiger partial charge in [0.15, 0.2) is 5.82 Å². The van der Waals surface area contributed by atoms with Gasteiger partial charge < -0.3 is 15.1 Å². The number of halogens is 2. The molecule has 0 saturated carbocycles. The predicted molar refractivity (Wildman–Crippen MR) is 133 cm³/mol. The number of anilines is 4. The number of thiazole rings is 1. The van der Waals surface area contributed by atoms with Gasteiger partial charge >= 0.3 is 0 Å². The lowest BCUT2D eigenvalue weighted by atomic mass is 10.1. The molecule has 1 aromatic heterocycles. The number of rotatable bonds is 7. The molecule has 0 aliphatic carbocycles. The van der Waals surface area contributed by atoms with Gasteiger partial charge in [0.1, 0.15) is 10.7 Å². The summed E-state index contributed by atoms with van der Waals surface area (Å²) >= 11 is 7.71. The van der Waals surface area contributed by atoms with E-state index in [0.29, 0.717) is 11.7 Å². The largest absolute Gasteiger partial charge is 0.368 e. The lowest BCUT2D eigenvalue weighted by molar-refractivity contribution is 0.570. The van der Waals surface area contributed by atoms with Crippen molar-refractivity contribution in [2.24, 2.45) is 0 Å². The van der Waals surface area contributed by atoms with Crippen LogP contribution in [0, 0.1) is 12.7 Å². The van der Waals surface area contributed by atoms with E-state index in [0.717, 1.165) is 48.6 Å². The third-order valence-corrected chi connectivity index (χ3v) is 8.01. The molecule has 1 saturated heterocycles. The quantitative estimate of drug-likeness (QED) is 0.484. The maximum Gasteiger partial charge on any atom is 0.266 e. The molecule has 1 unspecified atom stereocenters. The van der Waals surface area contributed by atoms with Gasteiger partial charge in [-0.2, -0.15) is 0 Å². The molecule has 0 spiro atoms. The standard InChI is InChI=1S/C22H25ClFN5O2S2/c1-14-4-5-18(20(8-14)29-7-6-15(11-29)25-2)28(3)19-10-17(24)21(9-16(19)23)33(30,31)27-22-12-32-13-26-22/h4-5,8-10,12-13,15,25,27H,6-7,11H2,1-3H3. The molecule has 0 radical (unpaired) electrons. The average molecular weight is 510 g/mol. The molecule has 0 amide bonds. The van der Waals surface area contributed by atoms with Crippen LogP contribution in [0.3, 0.4) is 0 Å². The Morgan fingerprint density at radius 2 is 2.06 bits per heavy atom. The van der Waals surface area contributed by atoms with Gasteiger partial charge in [-0.3, -0.25) is 4.72 Å². The Kier molecular flexibility index (Phi) is 6.81. The van der Waals surface area contributed by atoms with E-state index >= 15 is 4.39 Å². The van der Waals surface area contributed by atoms with Crippen LogP contribution in [0.25, 0.3) is 0 Å². The van der Waals surface area contributed by atoms with Crippen LogP contribution in [-0.4, -0.2) is 46.6 Å². The monoisotopic (exact) mass is 509 g/mol. The third kappa shape index (κ3) is 4.93. The van der Waals surface area contributed by atoms with Crippen molar-refractivity contribution in [1.29, 1.82) is 0 Å². The van der Waals surface area contributed by atoms with Crippen LogP contribution in [0.15, 0.2) is 46.1 Å². The van der Waals surface area contributed by atoms with Crippen molar-refractivity contribution >= 4 is 55.8 Å². The molecule has 11 heteroatoms. The van der Waals surface area contributed by atoms with Gasteiger partial charge in [-0.15, -0.1) is 11.3 Å². The summed E-state index contributed by atoms with van der Waals surface area (Å²) in [7, 11) is -0.427. The molecule has 4 rings (SSSR count). The van der Waals surface area contributed by atoms with Crippen LogP contribution in [-0.2, 0) is 10.0 Å². The van der Waals surface area contributed by atoms with Crippen LogP contribution >= 0.6 is 22.9 Å². The minimum absolute atomic E-state index is 0.124. The number of likely N-dealkylation sites (N-methyl/N-ethyl adjacent to an activating group) is 1. The van der Waals surface area contributed by atoms with E-state index in [-0.39, 0.29) is 10.8 Å². The number of hydrogen-bond donors (Lipinski definition) is 2. The Morgan fingerprint density at radius 1 is 1.27 bits per heavy atom. The second kappa shape index (κ2) is 9.46. The van der Waals surface area contributed by atoms with E-state index in [9.17, 15) is 8.42 Å². The zero-order valence-electron chi connectivity index (χ0n) is 18.5. The minimum Gasteiger partial charge on any atom is -0.368 e. The Hall–Kier alpha value is -2.40. The number of nitrogens with zero attached hydrogens (tertiary/aromatic N) is 3. The molecular formula is C22H25ClFN5O2S2. The van der Waals surface area contributed by atoms with Crippen molar-refractivity contribution in [1.82, 2.24) is 10.3 Å². The van der Waals surface area contributed by atoms with Crippen LogP contribution in [0.2, 0.25) is 5.02 Å². The molecule has 1 atom stereocenters. The zero-order valence-corrected chi connectivity index (χ0v) is 20.9. The van der Waals surface area contributed by atoms with E-state index in [2.05, 4.69) is 26.0 Å². The molecule has 2 heterocycles. The molecule has 1 fully saturated rings. The van der Waals surface area contributed by atoms with Crippen LogP contribution in [0.5, 0.6) is 0 Å². The van der Waals surface area contributed by atoms with E-state index in [1.807, 2.05) is 26.1 Å². The van der Waals surface area contributed by atoms with Gasteiger partial charge in [-0.25, -0.2) is 17.8 Å². The first-order valence-electron chi connectivity index (χ1n) is 10.4. The first-order valence-corrected chi connectivity index (χ1v) is 13.2. The molecule has 2 aromatic carbocycles. The fourth-order valence-corrected chi connectivity index (χ4v) is 5.95. The van der Waals surface area contributed by atoms with Crippen molar-refractivity contribution in [2.75, 3.05) is 41.7 Å². The number of nitrogens with one attached hydrogen (secondary N) is 2. The summed E-state index contributed by atoms with van der Waals surface area (Å²) < 4.78 is 42.7. The fraction of sp³-hybridized carbons (Fsp3) is 0.318. The lowest BCUT2D eigenvalue weighted by Gasteiger charge is -2.29. The number of aryl methyl sites for hydroxylation is 1. The van der Waals surface area contributed by atoms with Gasteiger partial charge in [-0.1, -0.05) is 17.7 Å². The highest BCUT2D eigenvalue weighted by Crippen LogP contribution is 2.40. The highest BCUT2D eigenvalue weighted by Gasteiger charge is 2.27. The molecule has 176 valence electrons. The molecule has 1 aliphatic heterocycles. The van der Waals surface area contributed by atoms with Gasteiger partial charge in [0, 0.05) is 37.6 Å². The highest BCUT2D eigenvalue weighted by atomic mass is 35.5. The fourth-order valence-electron chi connectivity index (χ4n) is 3.95. The van der Waals surface area contributed by atoms with Gasteiger partial charge in [0.25, 0.3) is 10.0 Å².